The second-order valence-electron chi connectivity index (χ2n) is 6.80. The van der Waals surface area contributed by atoms with Gasteiger partial charge in [-0.25, -0.2) is 9.18 Å². The van der Waals surface area contributed by atoms with Crippen LogP contribution in [0.25, 0.3) is 0 Å². The van der Waals surface area contributed by atoms with Crippen LogP contribution >= 0.6 is 11.6 Å². The molecule has 1 unspecified atom stereocenters. The van der Waals surface area contributed by atoms with E-state index in [9.17, 15) is 4.79 Å². The third-order valence-corrected chi connectivity index (χ3v) is 5.03. The fourth-order valence-electron chi connectivity index (χ4n) is 2.34. The maximum Gasteiger partial charge on any atom is 0.341 e. The summed E-state index contributed by atoms with van der Waals surface area (Å²) in [6.07, 6.45) is 0. The molecule has 6 heteroatoms. The molecule has 0 saturated heterocycles. The van der Waals surface area contributed by atoms with Crippen molar-refractivity contribution in [1.29, 1.82) is 0 Å². The largest absolute Gasteiger partial charge is 0.462 e. The molecule has 3 nitrogen and oxygen atoms in total. The number of hydrogen-bond donors (Lipinski definition) is 0. The number of esters is 1. The first-order chi connectivity index (χ1) is 10.5. The topological polar surface area (TPSA) is 35.5 Å². The lowest BCUT2D eigenvalue weighted by molar-refractivity contribution is -0.0266. The van der Waals surface area contributed by atoms with Gasteiger partial charge in [-0.15, -0.1) is 0 Å². The number of carbonyl (C=O) groups is 1. The van der Waals surface area contributed by atoms with E-state index in [0.29, 0.717) is 0 Å². The average Bonchev–Trinajstić information content (AvgIpc) is 2.36. The molecule has 1 aromatic rings. The number of rotatable bonds is 5. The van der Waals surface area contributed by atoms with Crippen molar-refractivity contribution in [2.45, 2.75) is 53.3 Å². The van der Waals surface area contributed by atoms with E-state index in [-0.39, 0.29) is 22.8 Å². The van der Waals surface area contributed by atoms with Crippen molar-refractivity contribution in [3.63, 3.8) is 0 Å². The van der Waals surface area contributed by atoms with Crippen molar-refractivity contribution < 1.29 is 18.3 Å². The SMILES string of the molecule is CCOC(=O)c1ccc(Cl)c(C(C)(O[Si](C)C)C(C)(C)C)c1F. The van der Waals surface area contributed by atoms with E-state index in [0.717, 1.165) is 0 Å². The van der Waals surface area contributed by atoms with Crippen molar-refractivity contribution in [3.8, 4) is 0 Å². The second kappa shape index (κ2) is 7.32. The van der Waals surface area contributed by atoms with Gasteiger partial charge in [0.05, 0.1) is 17.8 Å². The number of carbonyl (C=O) groups excluding carboxylic acids is 1. The van der Waals surface area contributed by atoms with Crippen molar-refractivity contribution in [1.82, 2.24) is 0 Å². The van der Waals surface area contributed by atoms with Crippen LogP contribution in [0, 0.1) is 11.2 Å². The number of hydrogen-bond acceptors (Lipinski definition) is 3. The number of ether oxygens (including phenoxy) is 1. The molecular formula is C17H25ClFO3Si. The molecule has 1 atom stereocenters. The molecule has 129 valence electrons. The van der Waals surface area contributed by atoms with Gasteiger partial charge < -0.3 is 9.16 Å². The maximum atomic E-state index is 15.1. The molecular weight excluding hydrogens is 335 g/mol. The summed E-state index contributed by atoms with van der Waals surface area (Å²) in [5.41, 5.74) is -1.30. The van der Waals surface area contributed by atoms with Gasteiger partial charge in [0.2, 0.25) is 9.04 Å². The van der Waals surface area contributed by atoms with Gasteiger partial charge in [-0.1, -0.05) is 32.4 Å². The molecule has 0 N–H and O–H groups in total. The molecule has 1 rings (SSSR count). The normalized spacial score (nSPS) is 14.7. The summed E-state index contributed by atoms with van der Waals surface area (Å²) >= 11 is 6.30. The molecule has 1 radical (unpaired) electrons. The molecule has 0 saturated carbocycles. The van der Waals surface area contributed by atoms with E-state index in [2.05, 4.69) is 0 Å². The summed E-state index contributed by atoms with van der Waals surface area (Å²) in [7, 11) is -1.14. The Bertz CT molecular complexity index is 584. The summed E-state index contributed by atoms with van der Waals surface area (Å²) in [6.45, 7) is 13.5. The first-order valence-electron chi connectivity index (χ1n) is 7.60. The van der Waals surface area contributed by atoms with Crippen LogP contribution in [0.3, 0.4) is 0 Å². The summed E-state index contributed by atoms with van der Waals surface area (Å²) in [6, 6.07) is 2.88. The summed E-state index contributed by atoms with van der Waals surface area (Å²) in [5, 5.41) is 0.247. The van der Waals surface area contributed by atoms with Crippen molar-refractivity contribution in [2.24, 2.45) is 5.41 Å². The fraction of sp³-hybridized carbons (Fsp3) is 0.588. The van der Waals surface area contributed by atoms with Gasteiger partial charge in [0.1, 0.15) is 5.82 Å². The minimum Gasteiger partial charge on any atom is -0.462 e. The third-order valence-electron chi connectivity index (χ3n) is 3.90. The summed E-state index contributed by atoms with van der Waals surface area (Å²) in [4.78, 5) is 12.0. The Balaban J connectivity index is 3.60. The minimum atomic E-state index is -1.14. The van der Waals surface area contributed by atoms with Gasteiger partial charge >= 0.3 is 5.97 Å². The van der Waals surface area contributed by atoms with Crippen LogP contribution in [0.5, 0.6) is 0 Å². The Morgan fingerprint density at radius 3 is 2.26 bits per heavy atom. The first kappa shape index (κ1) is 20.1. The van der Waals surface area contributed by atoms with Crippen molar-refractivity contribution in [2.75, 3.05) is 6.61 Å². The molecule has 0 spiro atoms. The highest BCUT2D eigenvalue weighted by Gasteiger charge is 2.45. The molecule has 0 aliphatic heterocycles. The monoisotopic (exact) mass is 359 g/mol. The highest BCUT2D eigenvalue weighted by Crippen LogP contribution is 2.47. The highest BCUT2D eigenvalue weighted by molar-refractivity contribution is 6.48. The molecule has 0 aliphatic carbocycles. The van der Waals surface area contributed by atoms with E-state index < -0.39 is 31.8 Å². The van der Waals surface area contributed by atoms with E-state index >= 15 is 4.39 Å². The molecule has 1 aromatic carbocycles. The lowest BCUT2D eigenvalue weighted by Crippen LogP contribution is -2.44. The average molecular weight is 360 g/mol. The number of halogens is 2. The zero-order valence-corrected chi connectivity index (χ0v) is 16.6. The van der Waals surface area contributed by atoms with Gasteiger partial charge in [-0.3, -0.25) is 0 Å². The smallest absolute Gasteiger partial charge is 0.341 e. The zero-order valence-electron chi connectivity index (χ0n) is 14.8. The van der Waals surface area contributed by atoms with Gasteiger partial charge in [0.25, 0.3) is 0 Å². The van der Waals surface area contributed by atoms with Crippen LogP contribution in [0.2, 0.25) is 18.1 Å². The first-order valence-corrected chi connectivity index (χ1v) is 10.4. The van der Waals surface area contributed by atoms with Gasteiger partial charge in [-0.2, -0.15) is 0 Å². The van der Waals surface area contributed by atoms with Crippen molar-refractivity contribution in [3.05, 3.63) is 34.1 Å². The fourth-order valence-corrected chi connectivity index (χ4v) is 3.89. The Labute approximate surface area is 144 Å². The van der Waals surface area contributed by atoms with Gasteiger partial charge in [0.15, 0.2) is 0 Å². The van der Waals surface area contributed by atoms with Crippen LogP contribution in [0.1, 0.15) is 50.5 Å². The van der Waals surface area contributed by atoms with Gasteiger partial charge in [-0.05, 0) is 44.5 Å². The van der Waals surface area contributed by atoms with Gasteiger partial charge in [0, 0.05) is 10.6 Å². The van der Waals surface area contributed by atoms with Crippen LogP contribution in [-0.2, 0) is 14.8 Å². The predicted octanol–water partition coefficient (Wildman–Crippen LogP) is 5.18. The quantitative estimate of drug-likeness (QED) is 0.536. The molecule has 0 bridgehead atoms. The molecule has 0 aromatic heterocycles. The minimum absolute atomic E-state index is 0.119. The zero-order chi connectivity index (χ0) is 18.0. The molecule has 0 amide bonds. The molecule has 0 heterocycles. The number of benzene rings is 1. The maximum absolute atomic E-state index is 15.1. The Morgan fingerprint density at radius 1 is 1.26 bits per heavy atom. The standard InChI is InChI=1S/C17H25ClFO3Si/c1-8-21-15(20)11-9-10-12(18)13(14(11)19)17(5,16(2,3)4)22-23(6)7/h9-10H,8H2,1-7H3. The van der Waals surface area contributed by atoms with Crippen LogP contribution in [0.15, 0.2) is 12.1 Å². The lowest BCUT2D eigenvalue weighted by atomic mass is 9.73. The second-order valence-corrected chi connectivity index (χ2v) is 9.23. The third kappa shape index (κ3) is 4.14. The lowest BCUT2D eigenvalue weighted by Gasteiger charge is -2.44. The molecule has 0 fully saturated rings. The van der Waals surface area contributed by atoms with E-state index in [1.54, 1.807) is 6.92 Å². The Kier molecular flexibility index (Phi) is 6.41. The summed E-state index contributed by atoms with van der Waals surface area (Å²) in [5.74, 6) is -1.37. The summed E-state index contributed by atoms with van der Waals surface area (Å²) < 4.78 is 26.2. The Morgan fingerprint density at radius 2 is 1.83 bits per heavy atom. The van der Waals surface area contributed by atoms with Crippen molar-refractivity contribution >= 4 is 26.6 Å². The predicted molar refractivity (Wildman–Crippen MR) is 92.7 cm³/mol. The molecule has 23 heavy (non-hydrogen) atoms. The molecule has 0 aliphatic rings. The van der Waals surface area contributed by atoms with E-state index in [1.165, 1.54) is 12.1 Å². The van der Waals surface area contributed by atoms with Crippen LogP contribution in [0.4, 0.5) is 4.39 Å². The van der Waals surface area contributed by atoms with E-state index in [4.69, 9.17) is 20.8 Å². The highest BCUT2D eigenvalue weighted by atomic mass is 35.5. The van der Waals surface area contributed by atoms with E-state index in [1.807, 2.05) is 40.8 Å². The van der Waals surface area contributed by atoms with Crippen LogP contribution < -0.4 is 0 Å². The Hall–Kier alpha value is -0.913. The van der Waals surface area contributed by atoms with Crippen LogP contribution in [-0.4, -0.2) is 21.6 Å².